The molecule has 0 bridgehead atoms. The molecule has 3 nitrogen and oxygen atoms in total. The van der Waals surface area contributed by atoms with E-state index >= 15 is 0 Å². The van der Waals surface area contributed by atoms with Crippen molar-refractivity contribution in [1.82, 2.24) is 4.90 Å². The van der Waals surface area contributed by atoms with Crippen LogP contribution in [0.1, 0.15) is 33.1 Å². The number of likely N-dealkylation sites (tertiary alicyclic amines) is 1. The van der Waals surface area contributed by atoms with Gasteiger partial charge in [0.25, 0.3) is 0 Å². The molecule has 86 valence electrons. The van der Waals surface area contributed by atoms with Crippen molar-refractivity contribution in [2.24, 2.45) is 17.8 Å². The van der Waals surface area contributed by atoms with Crippen LogP contribution in [0.5, 0.6) is 0 Å². The van der Waals surface area contributed by atoms with Crippen molar-refractivity contribution in [2.75, 3.05) is 0 Å². The number of terminal acetylenes is 1. The summed E-state index contributed by atoms with van der Waals surface area (Å²) in [5.74, 6) is 2.73. The summed E-state index contributed by atoms with van der Waals surface area (Å²) in [5, 5.41) is 0. The van der Waals surface area contributed by atoms with Crippen LogP contribution in [0, 0.1) is 30.1 Å². The predicted octanol–water partition coefficient (Wildman–Crippen LogP) is 1.43. The quantitative estimate of drug-likeness (QED) is 0.520. The number of hydrogen-bond acceptors (Lipinski definition) is 2. The van der Waals surface area contributed by atoms with Crippen molar-refractivity contribution in [1.29, 1.82) is 0 Å². The molecule has 1 aliphatic carbocycles. The van der Waals surface area contributed by atoms with Crippen molar-refractivity contribution in [3.63, 3.8) is 0 Å². The van der Waals surface area contributed by atoms with Crippen molar-refractivity contribution >= 4 is 11.8 Å². The van der Waals surface area contributed by atoms with Crippen molar-refractivity contribution < 1.29 is 9.59 Å². The lowest BCUT2D eigenvalue weighted by Gasteiger charge is -2.20. The van der Waals surface area contributed by atoms with Gasteiger partial charge < -0.3 is 0 Å². The van der Waals surface area contributed by atoms with Crippen molar-refractivity contribution in [2.45, 2.75) is 39.2 Å². The third-order valence-electron chi connectivity index (χ3n) is 3.98. The minimum Gasteiger partial charge on any atom is -0.274 e. The van der Waals surface area contributed by atoms with E-state index in [-0.39, 0.29) is 23.7 Å². The summed E-state index contributed by atoms with van der Waals surface area (Å²) in [5.41, 5.74) is 0. The van der Waals surface area contributed by atoms with Crippen LogP contribution in [0.15, 0.2) is 0 Å². The second-order valence-electron chi connectivity index (χ2n) is 4.85. The Labute approximate surface area is 96.2 Å². The molecule has 0 aromatic carbocycles. The Balaban J connectivity index is 2.20. The van der Waals surface area contributed by atoms with Crippen LogP contribution >= 0.6 is 0 Å². The SMILES string of the molecule is C#CC(C)N1C(=O)C2CC(CC)CC2C1=O. The molecule has 2 amide bonds. The summed E-state index contributed by atoms with van der Waals surface area (Å²) in [6.07, 6.45) is 8.06. The third-order valence-corrected chi connectivity index (χ3v) is 3.98. The van der Waals surface area contributed by atoms with E-state index in [2.05, 4.69) is 12.8 Å². The molecule has 2 aliphatic rings. The Morgan fingerprint density at radius 3 is 2.25 bits per heavy atom. The third kappa shape index (κ3) is 1.44. The van der Waals surface area contributed by atoms with Crippen LogP contribution in [-0.4, -0.2) is 22.8 Å². The van der Waals surface area contributed by atoms with Gasteiger partial charge in [0, 0.05) is 0 Å². The highest BCUT2D eigenvalue weighted by Crippen LogP contribution is 2.44. The summed E-state index contributed by atoms with van der Waals surface area (Å²) >= 11 is 0. The second-order valence-corrected chi connectivity index (χ2v) is 4.85. The molecular weight excluding hydrogens is 202 g/mol. The number of fused-ring (bicyclic) bond motifs is 1. The average Bonchev–Trinajstić information content (AvgIpc) is 2.80. The van der Waals surface area contributed by atoms with Gasteiger partial charge in [-0.2, -0.15) is 0 Å². The van der Waals surface area contributed by atoms with Crippen molar-refractivity contribution in [3.05, 3.63) is 0 Å². The topological polar surface area (TPSA) is 37.4 Å². The highest BCUT2D eigenvalue weighted by atomic mass is 16.2. The van der Waals surface area contributed by atoms with Gasteiger partial charge in [0.2, 0.25) is 11.8 Å². The molecule has 1 heterocycles. The number of imide groups is 1. The van der Waals surface area contributed by atoms with Gasteiger partial charge in [-0.1, -0.05) is 19.3 Å². The Hall–Kier alpha value is -1.30. The molecular formula is C13H17NO2. The van der Waals surface area contributed by atoms with Crippen LogP contribution in [0.3, 0.4) is 0 Å². The number of rotatable bonds is 2. The zero-order valence-electron chi connectivity index (χ0n) is 9.77. The Bertz CT molecular complexity index is 345. The number of carbonyl (C=O) groups excluding carboxylic acids is 2. The van der Waals surface area contributed by atoms with Crippen LogP contribution in [-0.2, 0) is 9.59 Å². The van der Waals surface area contributed by atoms with E-state index in [1.165, 1.54) is 4.90 Å². The first-order chi connectivity index (χ1) is 7.60. The minimum atomic E-state index is -0.398. The molecule has 0 spiro atoms. The van der Waals surface area contributed by atoms with Gasteiger partial charge in [0.15, 0.2) is 0 Å². The summed E-state index contributed by atoms with van der Waals surface area (Å²) < 4.78 is 0. The van der Waals surface area contributed by atoms with Gasteiger partial charge in [0.1, 0.15) is 0 Å². The first-order valence-electron chi connectivity index (χ1n) is 5.93. The molecule has 3 atom stereocenters. The van der Waals surface area contributed by atoms with Gasteiger partial charge in [-0.3, -0.25) is 14.5 Å². The summed E-state index contributed by atoms with van der Waals surface area (Å²) in [7, 11) is 0. The largest absolute Gasteiger partial charge is 0.274 e. The van der Waals surface area contributed by atoms with Crippen molar-refractivity contribution in [3.8, 4) is 12.3 Å². The molecule has 3 heteroatoms. The first kappa shape index (κ1) is 11.2. The molecule has 1 aliphatic heterocycles. The summed E-state index contributed by atoms with van der Waals surface area (Å²) in [4.78, 5) is 25.4. The molecule has 0 aromatic rings. The molecule has 0 aromatic heterocycles. The molecule has 2 fully saturated rings. The van der Waals surface area contributed by atoms with Crippen LogP contribution in [0.25, 0.3) is 0 Å². The maximum absolute atomic E-state index is 12.1. The summed E-state index contributed by atoms with van der Waals surface area (Å²) in [6, 6.07) is -0.398. The van der Waals surface area contributed by atoms with E-state index in [0.717, 1.165) is 19.3 Å². The van der Waals surface area contributed by atoms with E-state index in [1.54, 1.807) is 6.92 Å². The van der Waals surface area contributed by atoms with Crippen LogP contribution < -0.4 is 0 Å². The van der Waals surface area contributed by atoms with E-state index in [4.69, 9.17) is 6.42 Å². The number of hydrogen-bond donors (Lipinski definition) is 0. The van der Waals surface area contributed by atoms with Gasteiger partial charge in [-0.15, -0.1) is 6.42 Å². The van der Waals surface area contributed by atoms with Gasteiger partial charge >= 0.3 is 0 Å². The van der Waals surface area contributed by atoms with Gasteiger partial charge in [-0.25, -0.2) is 0 Å². The monoisotopic (exact) mass is 219 g/mol. The normalized spacial score (nSPS) is 35.1. The minimum absolute atomic E-state index is 0.0450. The van der Waals surface area contributed by atoms with Gasteiger partial charge in [0.05, 0.1) is 17.9 Å². The standard InChI is InChI=1S/C13H17NO2/c1-4-8(3)14-12(15)10-6-9(5-2)7-11(10)13(14)16/h1,8-11H,5-7H2,2-3H3. The van der Waals surface area contributed by atoms with E-state index in [9.17, 15) is 9.59 Å². The fourth-order valence-electron chi connectivity index (χ4n) is 2.94. The van der Waals surface area contributed by atoms with Crippen LogP contribution in [0.2, 0.25) is 0 Å². The molecule has 1 saturated carbocycles. The lowest BCUT2D eigenvalue weighted by atomic mass is 10.00. The fourth-order valence-corrected chi connectivity index (χ4v) is 2.94. The molecule has 0 radical (unpaired) electrons. The van der Waals surface area contributed by atoms with E-state index in [0.29, 0.717) is 5.92 Å². The molecule has 2 rings (SSSR count). The number of nitrogens with zero attached hydrogens (tertiary/aromatic N) is 1. The molecule has 1 saturated heterocycles. The fraction of sp³-hybridized carbons (Fsp3) is 0.692. The molecule has 3 unspecified atom stereocenters. The highest BCUT2D eigenvalue weighted by Gasteiger charge is 2.53. The molecule has 0 N–H and O–H groups in total. The lowest BCUT2D eigenvalue weighted by Crippen LogP contribution is -2.38. The highest BCUT2D eigenvalue weighted by molar-refractivity contribution is 6.06. The number of carbonyl (C=O) groups is 2. The Kier molecular flexibility index (Phi) is 2.75. The summed E-state index contributed by atoms with van der Waals surface area (Å²) in [6.45, 7) is 3.84. The maximum Gasteiger partial charge on any atom is 0.234 e. The zero-order valence-corrected chi connectivity index (χ0v) is 9.77. The maximum atomic E-state index is 12.1. The molecule has 16 heavy (non-hydrogen) atoms. The second kappa shape index (κ2) is 3.93. The lowest BCUT2D eigenvalue weighted by molar-refractivity contribution is -0.141. The van der Waals surface area contributed by atoms with E-state index < -0.39 is 6.04 Å². The van der Waals surface area contributed by atoms with E-state index in [1.807, 2.05) is 0 Å². The number of amides is 2. The van der Waals surface area contributed by atoms with Crippen LogP contribution in [0.4, 0.5) is 0 Å². The van der Waals surface area contributed by atoms with Gasteiger partial charge in [-0.05, 0) is 25.7 Å². The predicted molar refractivity (Wildman–Crippen MR) is 60.1 cm³/mol. The zero-order chi connectivity index (χ0) is 11.9. The Morgan fingerprint density at radius 2 is 1.88 bits per heavy atom. The average molecular weight is 219 g/mol. The smallest absolute Gasteiger partial charge is 0.234 e. The first-order valence-corrected chi connectivity index (χ1v) is 5.93. The Morgan fingerprint density at radius 1 is 1.38 bits per heavy atom.